The Morgan fingerprint density at radius 3 is 2.55 bits per heavy atom. The lowest BCUT2D eigenvalue weighted by molar-refractivity contribution is -0.384. The molecule has 146 valence electrons. The second-order valence-electron chi connectivity index (χ2n) is 6.11. The molecule has 0 aliphatic rings. The molecule has 0 bridgehead atoms. The molecule has 0 atom stereocenters. The third kappa shape index (κ3) is 5.14. The standard InChI is InChI=1S/C21H17N3O4S/c1-14-6-2-3-9-17(14)22-20(25)18(23-21(26)19-10-5-11-29-19)13-15-7-4-8-16(12-15)24(27)28/h2-13H,1H3,(H,22,25)(H,23,26)/b18-13+. The molecule has 0 aliphatic heterocycles. The van der Waals surface area contributed by atoms with E-state index < -0.39 is 16.7 Å². The average molecular weight is 407 g/mol. The minimum absolute atomic E-state index is 0.0212. The van der Waals surface area contributed by atoms with E-state index in [9.17, 15) is 19.7 Å². The summed E-state index contributed by atoms with van der Waals surface area (Å²) < 4.78 is 0. The van der Waals surface area contributed by atoms with Crippen molar-refractivity contribution in [3.8, 4) is 0 Å². The molecular weight excluding hydrogens is 390 g/mol. The third-order valence-corrected chi connectivity index (χ3v) is 4.89. The first-order valence-corrected chi connectivity index (χ1v) is 9.50. The molecule has 8 heteroatoms. The molecule has 29 heavy (non-hydrogen) atoms. The predicted molar refractivity (Wildman–Crippen MR) is 113 cm³/mol. The summed E-state index contributed by atoms with van der Waals surface area (Å²) in [6.45, 7) is 1.85. The molecule has 3 rings (SSSR count). The highest BCUT2D eigenvalue weighted by Crippen LogP contribution is 2.18. The topological polar surface area (TPSA) is 101 Å². The van der Waals surface area contributed by atoms with Gasteiger partial charge in [0.05, 0.1) is 9.80 Å². The quantitative estimate of drug-likeness (QED) is 0.360. The predicted octanol–water partition coefficient (Wildman–Crippen LogP) is 4.37. The van der Waals surface area contributed by atoms with E-state index in [4.69, 9.17) is 0 Å². The van der Waals surface area contributed by atoms with Crippen LogP contribution in [0.2, 0.25) is 0 Å². The molecule has 0 spiro atoms. The number of para-hydroxylation sites is 1. The van der Waals surface area contributed by atoms with Crippen LogP contribution in [0.1, 0.15) is 20.8 Å². The third-order valence-electron chi connectivity index (χ3n) is 4.02. The number of benzene rings is 2. The molecule has 0 aliphatic carbocycles. The molecule has 0 saturated heterocycles. The maximum Gasteiger partial charge on any atom is 0.272 e. The van der Waals surface area contributed by atoms with E-state index in [0.717, 1.165) is 5.56 Å². The van der Waals surface area contributed by atoms with E-state index in [1.165, 1.54) is 35.6 Å². The fraction of sp³-hybridized carbons (Fsp3) is 0.0476. The maximum atomic E-state index is 12.9. The highest BCUT2D eigenvalue weighted by atomic mass is 32.1. The summed E-state index contributed by atoms with van der Waals surface area (Å²) in [6.07, 6.45) is 1.41. The Hall–Kier alpha value is -3.78. The van der Waals surface area contributed by atoms with E-state index >= 15 is 0 Å². The van der Waals surface area contributed by atoms with Crippen LogP contribution in [-0.4, -0.2) is 16.7 Å². The summed E-state index contributed by atoms with van der Waals surface area (Å²) in [5.41, 5.74) is 1.75. The Labute approximate surface area is 170 Å². The first-order chi connectivity index (χ1) is 13.9. The average Bonchev–Trinajstić information content (AvgIpc) is 3.24. The normalized spacial score (nSPS) is 11.0. The smallest absolute Gasteiger partial charge is 0.272 e. The Bertz CT molecular complexity index is 1090. The second-order valence-corrected chi connectivity index (χ2v) is 7.06. The van der Waals surface area contributed by atoms with Crippen LogP contribution in [0.3, 0.4) is 0 Å². The monoisotopic (exact) mass is 407 g/mol. The van der Waals surface area contributed by atoms with Gasteiger partial charge >= 0.3 is 0 Å². The Morgan fingerprint density at radius 1 is 1.07 bits per heavy atom. The van der Waals surface area contributed by atoms with Crippen molar-refractivity contribution < 1.29 is 14.5 Å². The van der Waals surface area contributed by atoms with Crippen molar-refractivity contribution in [2.45, 2.75) is 6.92 Å². The number of hydrogen-bond acceptors (Lipinski definition) is 5. The summed E-state index contributed by atoms with van der Waals surface area (Å²) in [4.78, 5) is 36.3. The molecule has 1 heterocycles. The van der Waals surface area contributed by atoms with E-state index in [1.54, 1.807) is 35.7 Å². The number of nitrogens with zero attached hydrogens (tertiary/aromatic N) is 1. The summed E-state index contributed by atoms with van der Waals surface area (Å²) >= 11 is 1.24. The number of aryl methyl sites for hydroxylation is 1. The number of carbonyl (C=O) groups excluding carboxylic acids is 2. The first-order valence-electron chi connectivity index (χ1n) is 8.62. The van der Waals surface area contributed by atoms with Crippen LogP contribution in [0.4, 0.5) is 11.4 Å². The molecule has 1 aromatic heterocycles. The first kappa shape index (κ1) is 20.0. The highest BCUT2D eigenvalue weighted by Gasteiger charge is 2.17. The number of carbonyl (C=O) groups is 2. The Balaban J connectivity index is 1.93. The SMILES string of the molecule is Cc1ccccc1NC(=O)/C(=C\c1cccc([N+](=O)[O-])c1)NC(=O)c1cccs1. The van der Waals surface area contributed by atoms with Gasteiger partial charge < -0.3 is 10.6 Å². The van der Waals surface area contributed by atoms with Gasteiger partial charge in [-0.2, -0.15) is 0 Å². The van der Waals surface area contributed by atoms with Gasteiger partial charge in [0, 0.05) is 17.8 Å². The number of anilines is 1. The minimum Gasteiger partial charge on any atom is -0.320 e. The molecule has 3 aromatic rings. The van der Waals surface area contributed by atoms with Crippen LogP contribution >= 0.6 is 11.3 Å². The number of thiophene rings is 1. The number of nitrogens with one attached hydrogen (secondary N) is 2. The van der Waals surface area contributed by atoms with Crippen LogP contribution in [0.15, 0.2) is 71.7 Å². The van der Waals surface area contributed by atoms with Gasteiger partial charge in [-0.05, 0) is 41.6 Å². The molecule has 7 nitrogen and oxygen atoms in total. The van der Waals surface area contributed by atoms with Gasteiger partial charge in [0.25, 0.3) is 17.5 Å². The van der Waals surface area contributed by atoms with E-state index in [1.807, 2.05) is 19.1 Å². The van der Waals surface area contributed by atoms with Gasteiger partial charge in [-0.15, -0.1) is 11.3 Å². The fourth-order valence-electron chi connectivity index (χ4n) is 2.55. The van der Waals surface area contributed by atoms with Crippen LogP contribution < -0.4 is 10.6 Å². The van der Waals surface area contributed by atoms with Crippen LogP contribution in [0.5, 0.6) is 0 Å². The maximum absolute atomic E-state index is 12.9. The van der Waals surface area contributed by atoms with Crippen LogP contribution in [0, 0.1) is 17.0 Å². The number of nitro groups is 1. The second kappa shape index (κ2) is 8.94. The zero-order valence-electron chi connectivity index (χ0n) is 15.4. The number of non-ortho nitro benzene ring substituents is 1. The van der Waals surface area contributed by atoms with E-state index in [-0.39, 0.29) is 11.4 Å². The zero-order valence-corrected chi connectivity index (χ0v) is 16.2. The van der Waals surface area contributed by atoms with Crippen molar-refractivity contribution >= 4 is 40.6 Å². The largest absolute Gasteiger partial charge is 0.320 e. The minimum atomic E-state index is -0.532. The number of rotatable bonds is 6. The number of nitro benzene ring substituents is 1. The summed E-state index contributed by atoms with van der Waals surface area (Å²) in [5, 5.41) is 18.2. The molecule has 2 aromatic carbocycles. The molecule has 0 saturated carbocycles. The lowest BCUT2D eigenvalue weighted by atomic mass is 10.1. The lowest BCUT2D eigenvalue weighted by Gasteiger charge is -2.12. The van der Waals surface area contributed by atoms with Gasteiger partial charge in [0.2, 0.25) is 0 Å². The van der Waals surface area contributed by atoms with Crippen LogP contribution in [-0.2, 0) is 4.79 Å². The molecule has 2 N–H and O–H groups in total. The Kier molecular flexibility index (Phi) is 6.16. The molecular formula is C21H17N3O4S. The van der Waals surface area contributed by atoms with Gasteiger partial charge in [0.15, 0.2) is 0 Å². The fourth-order valence-corrected chi connectivity index (χ4v) is 3.17. The van der Waals surface area contributed by atoms with Crippen LogP contribution in [0.25, 0.3) is 6.08 Å². The molecule has 2 amide bonds. The number of amides is 2. The van der Waals surface area contributed by atoms with Crippen molar-refractivity contribution in [3.63, 3.8) is 0 Å². The molecule has 0 fully saturated rings. The highest BCUT2D eigenvalue weighted by molar-refractivity contribution is 7.12. The molecule has 0 unspecified atom stereocenters. The lowest BCUT2D eigenvalue weighted by Crippen LogP contribution is -2.30. The number of hydrogen-bond donors (Lipinski definition) is 2. The summed E-state index contributed by atoms with van der Waals surface area (Å²) in [7, 11) is 0. The molecule has 0 radical (unpaired) electrons. The van der Waals surface area contributed by atoms with Crippen molar-refractivity contribution in [3.05, 3.63) is 97.9 Å². The van der Waals surface area contributed by atoms with Gasteiger partial charge in [-0.1, -0.05) is 36.4 Å². The van der Waals surface area contributed by atoms with Gasteiger partial charge in [0.1, 0.15) is 5.70 Å². The van der Waals surface area contributed by atoms with E-state index in [2.05, 4.69) is 10.6 Å². The zero-order chi connectivity index (χ0) is 20.8. The Morgan fingerprint density at radius 2 is 1.86 bits per heavy atom. The van der Waals surface area contributed by atoms with E-state index in [0.29, 0.717) is 16.1 Å². The van der Waals surface area contributed by atoms with Crippen molar-refractivity contribution in [1.82, 2.24) is 5.32 Å². The summed E-state index contributed by atoms with van der Waals surface area (Å²) in [5.74, 6) is -0.965. The van der Waals surface area contributed by atoms with Gasteiger partial charge in [-0.25, -0.2) is 0 Å². The van der Waals surface area contributed by atoms with Crippen molar-refractivity contribution in [2.75, 3.05) is 5.32 Å². The van der Waals surface area contributed by atoms with Gasteiger partial charge in [-0.3, -0.25) is 19.7 Å². The summed E-state index contributed by atoms with van der Waals surface area (Å²) in [6, 6.07) is 16.4. The van der Waals surface area contributed by atoms with Crippen molar-refractivity contribution in [1.29, 1.82) is 0 Å². The van der Waals surface area contributed by atoms with Crippen molar-refractivity contribution in [2.24, 2.45) is 0 Å².